The van der Waals surface area contributed by atoms with Crippen molar-refractivity contribution in [3.05, 3.63) is 106 Å². The number of nitrogens with zero attached hydrogens (tertiary/aromatic N) is 2. The molecule has 1 saturated carbocycles. The van der Waals surface area contributed by atoms with E-state index in [0.29, 0.717) is 43.0 Å². The lowest BCUT2D eigenvalue weighted by Crippen LogP contribution is -2.53. The number of hydrogen-bond acceptors (Lipinski definition) is 8. The van der Waals surface area contributed by atoms with E-state index in [1.54, 1.807) is 6.07 Å². The van der Waals surface area contributed by atoms with Crippen molar-refractivity contribution in [1.29, 1.82) is 0 Å². The lowest BCUT2D eigenvalue weighted by atomic mass is 9.62. The first-order chi connectivity index (χ1) is 28.2. The molecule has 2 fully saturated rings. The predicted octanol–water partition coefficient (Wildman–Crippen LogP) is 8.12. The highest BCUT2D eigenvalue weighted by Crippen LogP contribution is 2.49. The Labute approximate surface area is 354 Å². The minimum Gasteiger partial charge on any atom is -0.491 e. The van der Waals surface area contributed by atoms with Gasteiger partial charge < -0.3 is 24.8 Å². The lowest BCUT2D eigenvalue weighted by Gasteiger charge is -2.50. The van der Waals surface area contributed by atoms with Crippen LogP contribution in [0.2, 0.25) is 5.02 Å². The number of hydrogen-bond donors (Lipinski definition) is 2. The van der Waals surface area contributed by atoms with Gasteiger partial charge in [-0.25, -0.2) is 4.21 Å². The summed E-state index contributed by atoms with van der Waals surface area (Å²) in [5.41, 5.74) is 10.5. The predicted molar refractivity (Wildman–Crippen MR) is 237 cm³/mol. The van der Waals surface area contributed by atoms with Crippen LogP contribution in [0.3, 0.4) is 0 Å². The number of methoxy groups -OCH3 is 1. The molecule has 0 bridgehead atoms. The number of carbonyl (C=O) groups excluding carboxylic acids is 1. The number of benzene rings is 3. The Bertz CT molecular complexity index is 1840. The molecule has 9 nitrogen and oxygen atoms in total. The third kappa shape index (κ3) is 10.9. The summed E-state index contributed by atoms with van der Waals surface area (Å²) in [6.45, 7) is 12.2. The van der Waals surface area contributed by atoms with Crippen molar-refractivity contribution in [3.63, 3.8) is 0 Å². The van der Waals surface area contributed by atoms with Gasteiger partial charge in [-0.2, -0.15) is 0 Å². The summed E-state index contributed by atoms with van der Waals surface area (Å²) in [5, 5.41) is 0.490. The SMILES string of the molecule is CC/C=C/[C@](CCC1COCCN1CCN)(OC)C1CCC1CN1CC(c2ccc(Cl)cc2CCC)COc2ccc(C(=O)NS(=O)C(C)Cc3ccccc3)cc21. The topological polar surface area (TPSA) is 106 Å². The Hall–Kier alpha value is -3.25. The molecule has 316 valence electrons. The molecule has 0 aromatic heterocycles. The first-order valence-electron chi connectivity index (χ1n) is 21.5. The van der Waals surface area contributed by atoms with Crippen LogP contribution in [0.4, 0.5) is 5.69 Å². The average Bonchev–Trinajstić information content (AvgIpc) is 3.40. The van der Waals surface area contributed by atoms with Crippen molar-refractivity contribution in [2.75, 3.05) is 64.6 Å². The molecule has 6 rings (SSSR count). The van der Waals surface area contributed by atoms with E-state index < -0.39 is 16.6 Å². The van der Waals surface area contributed by atoms with Crippen molar-refractivity contribution in [2.24, 2.45) is 17.6 Å². The summed E-state index contributed by atoms with van der Waals surface area (Å²) in [4.78, 5) is 18.7. The molecule has 2 aliphatic heterocycles. The number of amides is 1. The Balaban J connectivity index is 1.28. The zero-order chi connectivity index (χ0) is 41.1. The molecule has 0 radical (unpaired) electrons. The van der Waals surface area contributed by atoms with E-state index in [9.17, 15) is 9.00 Å². The third-order valence-electron chi connectivity index (χ3n) is 12.6. The number of nitrogens with one attached hydrogen (secondary N) is 1. The summed E-state index contributed by atoms with van der Waals surface area (Å²) < 4.78 is 35.4. The summed E-state index contributed by atoms with van der Waals surface area (Å²) in [7, 11) is 0.308. The highest BCUT2D eigenvalue weighted by atomic mass is 35.5. The molecule has 3 aromatic carbocycles. The van der Waals surface area contributed by atoms with Crippen LogP contribution in [-0.4, -0.2) is 91.6 Å². The van der Waals surface area contributed by atoms with Crippen LogP contribution in [0.15, 0.2) is 78.9 Å². The van der Waals surface area contributed by atoms with Gasteiger partial charge in [0.25, 0.3) is 5.91 Å². The molecule has 1 aliphatic carbocycles. The molecule has 0 spiro atoms. The minimum absolute atomic E-state index is 0.0837. The molecule has 58 heavy (non-hydrogen) atoms. The van der Waals surface area contributed by atoms with Crippen molar-refractivity contribution >= 4 is 34.2 Å². The van der Waals surface area contributed by atoms with E-state index in [4.69, 9.17) is 31.5 Å². The van der Waals surface area contributed by atoms with Gasteiger partial charge >= 0.3 is 0 Å². The highest BCUT2D eigenvalue weighted by Gasteiger charge is 2.47. The fourth-order valence-corrected chi connectivity index (χ4v) is 10.3. The second-order valence-electron chi connectivity index (χ2n) is 16.4. The van der Waals surface area contributed by atoms with Gasteiger partial charge in [0.2, 0.25) is 0 Å². The number of carbonyl (C=O) groups is 1. The van der Waals surface area contributed by atoms with Crippen LogP contribution in [0, 0.1) is 11.8 Å². The maximum absolute atomic E-state index is 13.8. The van der Waals surface area contributed by atoms with Gasteiger partial charge in [0.15, 0.2) is 0 Å². The minimum atomic E-state index is -1.57. The number of rotatable bonds is 19. The Kier molecular flexibility index (Phi) is 16.3. The Morgan fingerprint density at radius 1 is 1.12 bits per heavy atom. The lowest BCUT2D eigenvalue weighted by molar-refractivity contribution is -0.0891. The largest absolute Gasteiger partial charge is 0.491 e. The molecule has 1 amide bonds. The summed E-state index contributed by atoms with van der Waals surface area (Å²) in [6, 6.07) is 22.2. The molecule has 3 N–H and O–H groups in total. The Morgan fingerprint density at radius 3 is 2.67 bits per heavy atom. The van der Waals surface area contributed by atoms with Gasteiger partial charge in [-0.1, -0.05) is 80.4 Å². The van der Waals surface area contributed by atoms with Crippen molar-refractivity contribution in [1.82, 2.24) is 9.62 Å². The molecule has 3 aromatic rings. The smallest absolute Gasteiger partial charge is 0.263 e. The fourth-order valence-electron chi connectivity index (χ4n) is 9.28. The summed E-state index contributed by atoms with van der Waals surface area (Å²) >= 11 is 6.54. The molecule has 2 heterocycles. The number of halogens is 1. The number of fused-ring (bicyclic) bond motifs is 1. The molecule has 7 atom stereocenters. The van der Waals surface area contributed by atoms with Crippen LogP contribution in [0.25, 0.3) is 0 Å². The third-order valence-corrected chi connectivity index (χ3v) is 14.1. The number of aryl methyl sites for hydroxylation is 1. The Morgan fingerprint density at radius 2 is 1.95 bits per heavy atom. The molecular formula is C47H65ClN4O5S. The van der Waals surface area contributed by atoms with Crippen LogP contribution >= 0.6 is 11.6 Å². The van der Waals surface area contributed by atoms with E-state index in [-0.39, 0.29) is 17.1 Å². The van der Waals surface area contributed by atoms with Gasteiger partial charge in [0, 0.05) is 62.4 Å². The quantitative estimate of drug-likeness (QED) is 0.117. The van der Waals surface area contributed by atoms with Crippen LogP contribution in [-0.2, 0) is 33.3 Å². The molecule has 3 aliphatic rings. The van der Waals surface area contributed by atoms with Gasteiger partial charge in [-0.05, 0) is 111 Å². The molecular weight excluding hydrogens is 768 g/mol. The van der Waals surface area contributed by atoms with E-state index in [0.717, 1.165) is 106 Å². The number of morpholine rings is 1. The molecule has 6 unspecified atom stereocenters. The van der Waals surface area contributed by atoms with Crippen LogP contribution in [0.1, 0.15) is 92.3 Å². The highest BCUT2D eigenvalue weighted by molar-refractivity contribution is 7.84. The van der Waals surface area contributed by atoms with Crippen molar-refractivity contribution in [2.45, 2.75) is 94.9 Å². The standard InChI is InChI=1S/C47H65ClN4O5S/c1-5-7-21-47(55-4,22-20-41-33-56-26-25-51(41)24-23-49)43-18-14-38(43)30-52-31-39(42-17-16-40(48)28-36(42)11-6-2)32-57-45-19-15-37(29-44(45)52)46(53)50-58(54)34(3)27-35-12-9-8-10-13-35/h7-10,12-13,15-17,19,21,28-29,34,38-39,41,43H,5-6,11,14,18,20,22-27,30-33,49H2,1-4H3,(H,50,53)/b21-7+/t34?,38?,39?,41?,43?,47-,58?/m1/s1. The maximum atomic E-state index is 13.8. The molecule has 1 saturated heterocycles. The van der Waals surface area contributed by atoms with E-state index in [1.165, 1.54) is 11.1 Å². The zero-order valence-corrected chi connectivity index (χ0v) is 36.6. The second kappa shape index (κ2) is 21.3. The normalized spacial score (nSPS) is 23.2. The average molecular weight is 834 g/mol. The van der Waals surface area contributed by atoms with Crippen molar-refractivity contribution in [3.8, 4) is 5.75 Å². The van der Waals surface area contributed by atoms with Gasteiger partial charge in [-0.3, -0.25) is 14.4 Å². The van der Waals surface area contributed by atoms with Crippen molar-refractivity contribution < 1.29 is 23.2 Å². The summed E-state index contributed by atoms with van der Waals surface area (Å²) in [5.74, 6) is 1.13. The zero-order valence-electron chi connectivity index (χ0n) is 35.0. The first-order valence-corrected chi connectivity index (χ1v) is 23.1. The van der Waals surface area contributed by atoms with Gasteiger partial charge in [-0.15, -0.1) is 0 Å². The van der Waals surface area contributed by atoms with E-state index in [1.807, 2.05) is 62.6 Å². The molecule has 11 heteroatoms. The van der Waals surface area contributed by atoms with E-state index >= 15 is 0 Å². The second-order valence-corrected chi connectivity index (χ2v) is 18.5. The first kappa shape index (κ1) is 44.3. The van der Waals surface area contributed by atoms with Crippen LogP contribution < -0.4 is 20.1 Å². The fraction of sp³-hybridized carbons (Fsp3) is 0.553. The van der Waals surface area contributed by atoms with Gasteiger partial charge in [0.05, 0.1) is 36.4 Å². The number of allylic oxidation sites excluding steroid dienone is 1. The maximum Gasteiger partial charge on any atom is 0.263 e. The van der Waals surface area contributed by atoms with Crippen LogP contribution in [0.5, 0.6) is 5.75 Å². The van der Waals surface area contributed by atoms with Gasteiger partial charge in [0.1, 0.15) is 16.7 Å². The number of anilines is 1. The monoisotopic (exact) mass is 832 g/mol. The number of nitrogens with two attached hydrogens (primary N) is 1. The number of ether oxygens (including phenoxy) is 3. The summed E-state index contributed by atoms with van der Waals surface area (Å²) in [6.07, 6.45) is 12.1. The van der Waals surface area contributed by atoms with E-state index in [2.05, 4.69) is 52.7 Å².